The van der Waals surface area contributed by atoms with Gasteiger partial charge in [-0.05, 0) is 25.1 Å². The molecule has 0 aromatic heterocycles. The number of benzene rings is 1. The maximum absolute atomic E-state index is 12.9. The van der Waals surface area contributed by atoms with Crippen LogP contribution in [0.3, 0.4) is 0 Å². The van der Waals surface area contributed by atoms with Crippen molar-refractivity contribution in [3.05, 3.63) is 29.6 Å². The summed E-state index contributed by atoms with van der Waals surface area (Å²) in [6.07, 6.45) is 0. The summed E-state index contributed by atoms with van der Waals surface area (Å²) in [5.41, 5.74) is 0.580. The first-order chi connectivity index (χ1) is 7.58. The summed E-state index contributed by atoms with van der Waals surface area (Å²) in [7, 11) is 0. The number of hydrogen-bond acceptors (Lipinski definition) is 3. The van der Waals surface area contributed by atoms with E-state index in [1.807, 2.05) is 6.07 Å². The molecule has 0 unspecified atom stereocenters. The molecular weight excluding hydrogens is 211 g/mol. The van der Waals surface area contributed by atoms with Gasteiger partial charge in [-0.15, -0.1) is 0 Å². The van der Waals surface area contributed by atoms with E-state index in [4.69, 9.17) is 10.4 Å². The van der Waals surface area contributed by atoms with Crippen LogP contribution in [0.5, 0.6) is 0 Å². The van der Waals surface area contributed by atoms with Gasteiger partial charge in [-0.25, -0.2) is 4.39 Å². The maximum atomic E-state index is 12.9. The molecule has 4 nitrogen and oxygen atoms in total. The molecule has 0 spiro atoms. The second kappa shape index (κ2) is 5.12. The van der Waals surface area contributed by atoms with E-state index in [-0.39, 0.29) is 12.1 Å². The molecule has 0 fully saturated rings. The minimum Gasteiger partial charge on any atom is -0.480 e. The minimum absolute atomic E-state index is 0.142. The molecule has 1 aromatic rings. The third-order valence-corrected chi connectivity index (χ3v) is 2.13. The van der Waals surface area contributed by atoms with Crippen molar-refractivity contribution in [3.63, 3.8) is 0 Å². The zero-order valence-electron chi connectivity index (χ0n) is 8.77. The second-order valence-electron chi connectivity index (χ2n) is 3.18. The molecule has 16 heavy (non-hydrogen) atoms. The van der Waals surface area contributed by atoms with Crippen LogP contribution in [0.25, 0.3) is 0 Å². The van der Waals surface area contributed by atoms with Crippen molar-refractivity contribution >= 4 is 11.7 Å². The van der Waals surface area contributed by atoms with Crippen molar-refractivity contribution < 1.29 is 14.3 Å². The van der Waals surface area contributed by atoms with E-state index in [0.29, 0.717) is 12.2 Å². The summed E-state index contributed by atoms with van der Waals surface area (Å²) in [4.78, 5) is 12.1. The fourth-order valence-corrected chi connectivity index (χ4v) is 1.40. The zero-order chi connectivity index (χ0) is 12.1. The van der Waals surface area contributed by atoms with Crippen LogP contribution in [0.1, 0.15) is 12.5 Å². The maximum Gasteiger partial charge on any atom is 0.323 e. The SMILES string of the molecule is CCN(CC(=O)O)c1ccc(F)cc1C#N. The predicted molar refractivity (Wildman–Crippen MR) is 56.6 cm³/mol. The number of carboxylic acids is 1. The summed E-state index contributed by atoms with van der Waals surface area (Å²) >= 11 is 0. The van der Waals surface area contributed by atoms with E-state index in [2.05, 4.69) is 0 Å². The van der Waals surface area contributed by atoms with Crippen molar-refractivity contribution in [1.82, 2.24) is 0 Å². The molecular formula is C11H11FN2O2. The lowest BCUT2D eigenvalue weighted by Gasteiger charge is -2.21. The third-order valence-electron chi connectivity index (χ3n) is 2.13. The largest absolute Gasteiger partial charge is 0.480 e. The fourth-order valence-electron chi connectivity index (χ4n) is 1.40. The van der Waals surface area contributed by atoms with E-state index >= 15 is 0 Å². The van der Waals surface area contributed by atoms with E-state index < -0.39 is 11.8 Å². The molecule has 0 bridgehead atoms. The summed E-state index contributed by atoms with van der Waals surface area (Å²) in [6, 6.07) is 5.57. The van der Waals surface area contributed by atoms with Gasteiger partial charge in [0.05, 0.1) is 11.3 Å². The lowest BCUT2D eigenvalue weighted by Crippen LogP contribution is -2.29. The van der Waals surface area contributed by atoms with Gasteiger partial charge in [0.2, 0.25) is 0 Å². The average molecular weight is 222 g/mol. The monoisotopic (exact) mass is 222 g/mol. The Kier molecular flexibility index (Phi) is 3.84. The highest BCUT2D eigenvalue weighted by Crippen LogP contribution is 2.20. The Morgan fingerprint density at radius 3 is 2.81 bits per heavy atom. The normalized spacial score (nSPS) is 9.56. The van der Waals surface area contributed by atoms with E-state index in [9.17, 15) is 9.18 Å². The van der Waals surface area contributed by atoms with Crippen LogP contribution in [0, 0.1) is 17.1 Å². The van der Waals surface area contributed by atoms with Crippen molar-refractivity contribution in [2.75, 3.05) is 18.0 Å². The topological polar surface area (TPSA) is 64.3 Å². The molecule has 0 radical (unpaired) electrons. The Bertz CT molecular complexity index is 440. The number of anilines is 1. The molecule has 1 rings (SSSR count). The summed E-state index contributed by atoms with van der Waals surface area (Å²) in [5.74, 6) is -1.50. The number of nitrogens with zero attached hydrogens (tertiary/aromatic N) is 2. The molecule has 1 aromatic carbocycles. The predicted octanol–water partition coefficient (Wildman–Crippen LogP) is 1.61. The molecule has 0 saturated carbocycles. The zero-order valence-corrected chi connectivity index (χ0v) is 8.77. The summed E-state index contributed by atoms with van der Waals surface area (Å²) in [6.45, 7) is 2.00. The Hall–Kier alpha value is -2.09. The van der Waals surface area contributed by atoms with Gasteiger partial charge in [0.25, 0.3) is 0 Å². The molecule has 0 aliphatic heterocycles. The van der Waals surface area contributed by atoms with E-state index in [1.54, 1.807) is 6.92 Å². The Labute approximate surface area is 92.5 Å². The van der Waals surface area contributed by atoms with Gasteiger partial charge in [-0.1, -0.05) is 0 Å². The molecule has 0 atom stereocenters. The van der Waals surface area contributed by atoms with Gasteiger partial charge in [-0.3, -0.25) is 4.79 Å². The van der Waals surface area contributed by atoms with Crippen LogP contribution in [0.4, 0.5) is 10.1 Å². The van der Waals surface area contributed by atoms with Crippen molar-refractivity contribution in [1.29, 1.82) is 5.26 Å². The first-order valence-electron chi connectivity index (χ1n) is 4.75. The Morgan fingerprint density at radius 2 is 2.31 bits per heavy atom. The van der Waals surface area contributed by atoms with Crippen molar-refractivity contribution in [2.45, 2.75) is 6.92 Å². The minimum atomic E-state index is -0.991. The number of carbonyl (C=O) groups is 1. The first kappa shape index (κ1) is 12.0. The third kappa shape index (κ3) is 2.70. The average Bonchev–Trinajstić information content (AvgIpc) is 2.25. The summed E-state index contributed by atoms with van der Waals surface area (Å²) in [5, 5.41) is 17.5. The number of rotatable bonds is 4. The lowest BCUT2D eigenvalue weighted by atomic mass is 10.1. The van der Waals surface area contributed by atoms with Gasteiger partial charge < -0.3 is 10.0 Å². The van der Waals surface area contributed by atoms with Crippen LogP contribution in [0.2, 0.25) is 0 Å². The lowest BCUT2D eigenvalue weighted by molar-refractivity contribution is -0.135. The molecule has 0 saturated heterocycles. The first-order valence-corrected chi connectivity index (χ1v) is 4.75. The van der Waals surface area contributed by atoms with Crippen molar-refractivity contribution in [2.24, 2.45) is 0 Å². The fraction of sp³-hybridized carbons (Fsp3) is 0.273. The van der Waals surface area contributed by atoms with Crippen LogP contribution in [0.15, 0.2) is 18.2 Å². The second-order valence-corrected chi connectivity index (χ2v) is 3.18. The van der Waals surface area contributed by atoms with Gasteiger partial charge in [-0.2, -0.15) is 5.26 Å². The molecule has 84 valence electrons. The number of likely N-dealkylation sites (N-methyl/N-ethyl adjacent to an activating group) is 1. The highest BCUT2D eigenvalue weighted by molar-refractivity contribution is 5.75. The van der Waals surface area contributed by atoms with Crippen LogP contribution >= 0.6 is 0 Å². The van der Waals surface area contributed by atoms with E-state index in [0.717, 1.165) is 6.07 Å². The number of hydrogen-bond donors (Lipinski definition) is 1. The molecule has 0 aliphatic carbocycles. The molecule has 0 aliphatic rings. The number of nitriles is 1. The molecule has 5 heteroatoms. The highest BCUT2D eigenvalue weighted by atomic mass is 19.1. The van der Waals surface area contributed by atoms with Crippen LogP contribution in [-0.4, -0.2) is 24.2 Å². The number of carboxylic acid groups (broad SMARTS) is 1. The quantitative estimate of drug-likeness (QED) is 0.840. The standard InChI is InChI=1S/C11H11FN2O2/c1-2-14(7-11(15)16)10-4-3-9(12)5-8(10)6-13/h3-5H,2,7H2,1H3,(H,15,16). The molecule has 1 N–H and O–H groups in total. The Balaban J connectivity index is 3.10. The molecule has 0 amide bonds. The van der Waals surface area contributed by atoms with Crippen LogP contribution < -0.4 is 4.90 Å². The van der Waals surface area contributed by atoms with Gasteiger partial charge in [0.1, 0.15) is 18.4 Å². The summed E-state index contributed by atoms with van der Waals surface area (Å²) < 4.78 is 12.9. The number of halogens is 1. The van der Waals surface area contributed by atoms with Gasteiger partial charge in [0, 0.05) is 6.54 Å². The van der Waals surface area contributed by atoms with E-state index in [1.165, 1.54) is 17.0 Å². The Morgan fingerprint density at radius 1 is 1.62 bits per heavy atom. The smallest absolute Gasteiger partial charge is 0.323 e. The number of aliphatic carboxylic acids is 1. The molecule has 0 heterocycles. The van der Waals surface area contributed by atoms with Gasteiger partial charge >= 0.3 is 5.97 Å². The van der Waals surface area contributed by atoms with Gasteiger partial charge in [0.15, 0.2) is 0 Å². The van der Waals surface area contributed by atoms with Crippen LogP contribution in [-0.2, 0) is 4.79 Å². The van der Waals surface area contributed by atoms with Crippen molar-refractivity contribution in [3.8, 4) is 6.07 Å². The highest BCUT2D eigenvalue weighted by Gasteiger charge is 2.13.